The number of thioether (sulfide) groups is 1. The average Bonchev–Trinajstić information content (AvgIpc) is 2.76. The molecule has 30 heavy (non-hydrogen) atoms. The Morgan fingerprint density at radius 2 is 1.57 bits per heavy atom. The van der Waals surface area contributed by atoms with Crippen molar-refractivity contribution in [3.8, 4) is 5.75 Å². The zero-order valence-corrected chi connectivity index (χ0v) is 17.3. The summed E-state index contributed by atoms with van der Waals surface area (Å²) in [6.45, 7) is 1.79. The Kier molecular flexibility index (Phi) is 7.08. The maximum absolute atomic E-state index is 13.0. The van der Waals surface area contributed by atoms with E-state index in [9.17, 15) is 14.0 Å². The summed E-state index contributed by atoms with van der Waals surface area (Å²) in [6, 6.07) is 19.8. The first-order valence-electron chi connectivity index (χ1n) is 9.23. The average molecular weight is 424 g/mol. The van der Waals surface area contributed by atoms with Crippen LogP contribution in [-0.4, -0.2) is 24.2 Å². The highest BCUT2D eigenvalue weighted by Gasteiger charge is 2.15. The Bertz CT molecular complexity index is 1020. The molecular formula is C23H21FN2O3S. The zero-order chi connectivity index (χ0) is 21.5. The molecule has 0 radical (unpaired) electrons. The van der Waals surface area contributed by atoms with Crippen molar-refractivity contribution in [3.05, 3.63) is 84.2 Å². The summed E-state index contributed by atoms with van der Waals surface area (Å²) in [6.07, 6.45) is 0. The highest BCUT2D eigenvalue weighted by Crippen LogP contribution is 2.26. The second-order valence-corrected chi connectivity index (χ2v) is 7.88. The summed E-state index contributed by atoms with van der Waals surface area (Å²) in [7, 11) is 1.55. The summed E-state index contributed by atoms with van der Waals surface area (Å²) >= 11 is 1.39. The molecule has 154 valence electrons. The number of carbonyl (C=O) groups excluding carboxylic acids is 2. The predicted octanol–water partition coefficient (Wildman–Crippen LogP) is 5.21. The van der Waals surface area contributed by atoms with Gasteiger partial charge in [0.25, 0.3) is 5.91 Å². The Morgan fingerprint density at radius 1 is 0.933 bits per heavy atom. The smallest absolute Gasteiger partial charge is 0.255 e. The Balaban J connectivity index is 1.56. The van der Waals surface area contributed by atoms with Gasteiger partial charge in [-0.2, -0.15) is 0 Å². The van der Waals surface area contributed by atoms with E-state index in [1.54, 1.807) is 50.4 Å². The number of hydrogen-bond donors (Lipinski definition) is 2. The molecule has 0 aliphatic heterocycles. The van der Waals surface area contributed by atoms with Crippen LogP contribution < -0.4 is 15.4 Å². The van der Waals surface area contributed by atoms with Crippen LogP contribution in [0.25, 0.3) is 0 Å². The van der Waals surface area contributed by atoms with Gasteiger partial charge in [0.1, 0.15) is 11.6 Å². The summed E-state index contributed by atoms with van der Waals surface area (Å²) in [4.78, 5) is 25.6. The molecule has 1 unspecified atom stereocenters. The SMILES string of the molecule is COc1cccc(C(=O)Nc2ccc(SC(C)C(=O)Nc3ccc(F)cc3)cc2)c1. The van der Waals surface area contributed by atoms with Gasteiger partial charge in [0.15, 0.2) is 0 Å². The van der Waals surface area contributed by atoms with Gasteiger partial charge < -0.3 is 15.4 Å². The lowest BCUT2D eigenvalue weighted by molar-refractivity contribution is -0.115. The molecule has 0 aliphatic rings. The van der Waals surface area contributed by atoms with Crippen LogP contribution in [0.1, 0.15) is 17.3 Å². The van der Waals surface area contributed by atoms with Crippen molar-refractivity contribution in [2.45, 2.75) is 17.1 Å². The van der Waals surface area contributed by atoms with Gasteiger partial charge in [0, 0.05) is 21.8 Å². The molecule has 0 saturated carbocycles. The topological polar surface area (TPSA) is 67.4 Å². The number of carbonyl (C=O) groups is 2. The number of benzene rings is 3. The first-order chi connectivity index (χ1) is 14.4. The van der Waals surface area contributed by atoms with Gasteiger partial charge in [-0.1, -0.05) is 6.07 Å². The van der Waals surface area contributed by atoms with Crippen LogP contribution >= 0.6 is 11.8 Å². The lowest BCUT2D eigenvalue weighted by Gasteiger charge is -2.13. The van der Waals surface area contributed by atoms with Crippen molar-refractivity contribution in [2.24, 2.45) is 0 Å². The minimum atomic E-state index is -0.354. The Morgan fingerprint density at radius 3 is 2.23 bits per heavy atom. The van der Waals surface area contributed by atoms with E-state index in [1.165, 1.54) is 36.0 Å². The number of anilines is 2. The summed E-state index contributed by atoms with van der Waals surface area (Å²) < 4.78 is 18.1. The molecule has 2 amide bonds. The quantitative estimate of drug-likeness (QED) is 0.511. The van der Waals surface area contributed by atoms with Gasteiger partial charge in [-0.15, -0.1) is 11.8 Å². The largest absolute Gasteiger partial charge is 0.497 e. The number of methoxy groups -OCH3 is 1. The van der Waals surface area contributed by atoms with E-state index in [-0.39, 0.29) is 22.9 Å². The second kappa shape index (κ2) is 9.93. The van der Waals surface area contributed by atoms with E-state index < -0.39 is 0 Å². The fraction of sp³-hybridized carbons (Fsp3) is 0.130. The van der Waals surface area contributed by atoms with Crippen LogP contribution in [0.4, 0.5) is 15.8 Å². The Hall–Kier alpha value is -3.32. The van der Waals surface area contributed by atoms with Crippen molar-refractivity contribution in [3.63, 3.8) is 0 Å². The molecule has 5 nitrogen and oxygen atoms in total. The van der Waals surface area contributed by atoms with E-state index in [0.717, 1.165) is 4.90 Å². The third kappa shape index (κ3) is 5.84. The van der Waals surface area contributed by atoms with Crippen molar-refractivity contribution >= 4 is 35.0 Å². The molecular weight excluding hydrogens is 403 g/mol. The maximum Gasteiger partial charge on any atom is 0.255 e. The van der Waals surface area contributed by atoms with E-state index >= 15 is 0 Å². The third-order valence-electron chi connectivity index (χ3n) is 4.24. The van der Waals surface area contributed by atoms with Gasteiger partial charge in [-0.3, -0.25) is 9.59 Å². The monoisotopic (exact) mass is 424 g/mol. The number of hydrogen-bond acceptors (Lipinski definition) is 4. The van der Waals surface area contributed by atoms with Crippen molar-refractivity contribution < 1.29 is 18.7 Å². The molecule has 0 heterocycles. The molecule has 3 rings (SSSR count). The number of ether oxygens (including phenoxy) is 1. The van der Waals surface area contributed by atoms with Crippen molar-refractivity contribution in [1.82, 2.24) is 0 Å². The van der Waals surface area contributed by atoms with Gasteiger partial charge in [-0.05, 0) is 73.7 Å². The minimum Gasteiger partial charge on any atom is -0.497 e. The first-order valence-corrected chi connectivity index (χ1v) is 10.1. The molecule has 0 fully saturated rings. The zero-order valence-electron chi connectivity index (χ0n) is 16.5. The molecule has 7 heteroatoms. The van der Waals surface area contributed by atoms with Crippen LogP contribution in [0.15, 0.2) is 77.7 Å². The van der Waals surface area contributed by atoms with E-state index in [1.807, 2.05) is 12.1 Å². The van der Waals surface area contributed by atoms with Gasteiger partial charge >= 0.3 is 0 Å². The molecule has 0 bridgehead atoms. The third-order valence-corrected chi connectivity index (χ3v) is 5.35. The number of nitrogens with one attached hydrogen (secondary N) is 2. The molecule has 1 atom stereocenters. The fourth-order valence-corrected chi connectivity index (χ4v) is 3.49. The minimum absolute atomic E-state index is 0.179. The number of halogens is 1. The van der Waals surface area contributed by atoms with E-state index in [0.29, 0.717) is 22.7 Å². The lowest BCUT2D eigenvalue weighted by atomic mass is 10.2. The molecule has 0 saturated heterocycles. The maximum atomic E-state index is 13.0. The van der Waals surface area contributed by atoms with Gasteiger partial charge in [0.05, 0.1) is 12.4 Å². The predicted molar refractivity (Wildman–Crippen MR) is 118 cm³/mol. The van der Waals surface area contributed by atoms with Gasteiger partial charge in [-0.25, -0.2) is 4.39 Å². The summed E-state index contributed by atoms with van der Waals surface area (Å²) in [5, 5.41) is 5.24. The van der Waals surface area contributed by atoms with Crippen LogP contribution in [0, 0.1) is 5.82 Å². The summed E-state index contributed by atoms with van der Waals surface area (Å²) in [5.74, 6) is -0.153. The van der Waals surface area contributed by atoms with E-state index in [4.69, 9.17) is 4.74 Å². The van der Waals surface area contributed by atoms with Crippen LogP contribution in [0.2, 0.25) is 0 Å². The highest BCUT2D eigenvalue weighted by molar-refractivity contribution is 8.00. The van der Waals surface area contributed by atoms with Crippen LogP contribution in [0.3, 0.4) is 0 Å². The molecule has 2 N–H and O–H groups in total. The standard InChI is InChI=1S/C23H21FN2O3S/c1-15(22(27)25-18-8-6-17(24)7-9-18)30-21-12-10-19(11-13-21)26-23(28)16-4-3-5-20(14-16)29-2/h3-15H,1-2H3,(H,25,27)(H,26,28). The number of rotatable bonds is 7. The lowest BCUT2D eigenvalue weighted by Crippen LogP contribution is -2.22. The van der Waals surface area contributed by atoms with E-state index in [2.05, 4.69) is 10.6 Å². The van der Waals surface area contributed by atoms with Gasteiger partial charge in [0.2, 0.25) is 5.91 Å². The van der Waals surface area contributed by atoms with Crippen molar-refractivity contribution in [1.29, 1.82) is 0 Å². The second-order valence-electron chi connectivity index (χ2n) is 6.47. The Labute approximate surface area is 178 Å². The molecule has 0 aliphatic carbocycles. The molecule has 3 aromatic carbocycles. The number of amides is 2. The highest BCUT2D eigenvalue weighted by atomic mass is 32.2. The fourth-order valence-electron chi connectivity index (χ4n) is 2.62. The van der Waals surface area contributed by atoms with Crippen LogP contribution in [-0.2, 0) is 4.79 Å². The molecule has 3 aromatic rings. The molecule has 0 aromatic heterocycles. The van der Waals surface area contributed by atoms with Crippen molar-refractivity contribution in [2.75, 3.05) is 17.7 Å². The molecule has 0 spiro atoms. The van der Waals surface area contributed by atoms with Crippen LogP contribution in [0.5, 0.6) is 5.75 Å². The first kappa shape index (κ1) is 21.4. The normalized spacial score (nSPS) is 11.4. The summed E-state index contributed by atoms with van der Waals surface area (Å²) in [5.41, 5.74) is 1.69.